The van der Waals surface area contributed by atoms with Crippen LogP contribution in [0, 0.1) is 0 Å². The highest BCUT2D eigenvalue weighted by Crippen LogP contribution is 2.40. The fourth-order valence-corrected chi connectivity index (χ4v) is 5.20. The summed E-state index contributed by atoms with van der Waals surface area (Å²) >= 11 is 1.38. The average Bonchev–Trinajstić information content (AvgIpc) is 3.48. The lowest BCUT2D eigenvalue weighted by Crippen LogP contribution is -2.51. The van der Waals surface area contributed by atoms with Crippen molar-refractivity contribution < 1.29 is 28.9 Å². The van der Waals surface area contributed by atoms with Gasteiger partial charge in [0.1, 0.15) is 12.6 Å². The number of nitrogens with zero attached hydrogens (tertiary/aromatic N) is 1. The number of hydrogen-bond acceptors (Lipinski definition) is 6. The Morgan fingerprint density at radius 2 is 1.74 bits per heavy atom. The monoisotopic (exact) mass is 529 g/mol. The van der Waals surface area contributed by atoms with Crippen molar-refractivity contribution >= 4 is 23.2 Å². The Bertz CT molecular complexity index is 1390. The summed E-state index contributed by atoms with van der Waals surface area (Å²) in [5, 5.41) is 12.7. The zero-order chi connectivity index (χ0) is 26.5. The van der Waals surface area contributed by atoms with Crippen LogP contribution < -0.4 is 14.2 Å². The van der Waals surface area contributed by atoms with Crippen molar-refractivity contribution in [3.63, 3.8) is 0 Å². The van der Waals surface area contributed by atoms with Crippen molar-refractivity contribution in [2.45, 2.75) is 31.7 Å². The molecular weight excluding hydrogens is 502 g/mol. The van der Waals surface area contributed by atoms with E-state index in [1.807, 2.05) is 78.2 Å². The molecule has 0 fully saturated rings. The number of carbonyl (C=O) groups excluding carboxylic acids is 1. The van der Waals surface area contributed by atoms with Gasteiger partial charge in [0.05, 0.1) is 7.11 Å². The molecule has 0 saturated heterocycles. The Morgan fingerprint density at radius 1 is 1.00 bits per heavy atom. The summed E-state index contributed by atoms with van der Waals surface area (Å²) in [4.78, 5) is 27.8. The van der Waals surface area contributed by atoms with Gasteiger partial charge in [-0.2, -0.15) is 0 Å². The van der Waals surface area contributed by atoms with E-state index in [2.05, 4.69) is 0 Å². The van der Waals surface area contributed by atoms with E-state index in [-0.39, 0.29) is 13.0 Å². The first-order valence-corrected chi connectivity index (χ1v) is 13.1. The van der Waals surface area contributed by atoms with Crippen molar-refractivity contribution in [1.82, 2.24) is 4.90 Å². The molecule has 0 bridgehead atoms. The van der Waals surface area contributed by atoms with Gasteiger partial charge in [0.2, 0.25) is 6.10 Å². The van der Waals surface area contributed by atoms with Crippen LogP contribution >= 0.6 is 11.3 Å². The van der Waals surface area contributed by atoms with Crippen molar-refractivity contribution in [3.05, 3.63) is 113 Å². The van der Waals surface area contributed by atoms with Gasteiger partial charge >= 0.3 is 5.97 Å². The van der Waals surface area contributed by atoms with Gasteiger partial charge in [-0.15, -0.1) is 11.3 Å². The lowest BCUT2D eigenvalue weighted by Gasteiger charge is -2.37. The lowest BCUT2D eigenvalue weighted by atomic mass is 9.91. The normalized spacial score (nSPS) is 15.3. The van der Waals surface area contributed by atoms with Crippen LogP contribution in [0.1, 0.15) is 28.4 Å². The second kappa shape index (κ2) is 11.4. The molecule has 3 aromatic carbocycles. The number of thiophene rings is 1. The summed E-state index contributed by atoms with van der Waals surface area (Å²) in [5.41, 5.74) is 3.17. The molecule has 1 N–H and O–H groups in total. The number of methoxy groups -OCH3 is 1. The van der Waals surface area contributed by atoms with E-state index in [1.165, 1.54) is 16.2 Å². The molecular formula is C30H27NO6S. The van der Waals surface area contributed by atoms with E-state index in [1.54, 1.807) is 19.2 Å². The van der Waals surface area contributed by atoms with Crippen LogP contribution in [0.4, 0.5) is 0 Å². The largest absolute Gasteiger partial charge is 0.493 e. The molecule has 1 aromatic heterocycles. The number of aliphatic carboxylic acids is 1. The van der Waals surface area contributed by atoms with Crippen LogP contribution in [-0.2, 0) is 29.2 Å². The Labute approximate surface area is 224 Å². The number of benzene rings is 3. The second-order valence-corrected chi connectivity index (χ2v) is 9.78. The molecule has 0 saturated carbocycles. The molecule has 1 aliphatic heterocycles. The summed E-state index contributed by atoms with van der Waals surface area (Å²) in [7, 11) is 1.55. The zero-order valence-electron chi connectivity index (χ0n) is 20.8. The fraction of sp³-hybridized carbons (Fsp3) is 0.200. The van der Waals surface area contributed by atoms with E-state index in [0.29, 0.717) is 28.7 Å². The standard InChI is InChI=1S/C30H27NO6S/c1-35-25-15-14-22-18-31(29(32)27(21-11-6-3-7-12-21)37-26-13-8-16-38-26)24(30(33)34)17-23(22)28(25)36-19-20-9-4-2-5-10-20/h2-16,24,27H,17-19H2,1H3,(H,33,34)/t24-,27-/m0/s1. The molecule has 2 atom stereocenters. The number of hydrogen-bond donors (Lipinski definition) is 1. The average molecular weight is 530 g/mol. The van der Waals surface area contributed by atoms with Gasteiger partial charge in [-0.3, -0.25) is 4.79 Å². The smallest absolute Gasteiger partial charge is 0.326 e. The summed E-state index contributed by atoms with van der Waals surface area (Å²) in [6.07, 6.45) is -0.900. The lowest BCUT2D eigenvalue weighted by molar-refractivity contribution is -0.155. The predicted molar refractivity (Wildman–Crippen MR) is 144 cm³/mol. The number of carboxylic acid groups (broad SMARTS) is 1. The van der Waals surface area contributed by atoms with Gasteiger partial charge < -0.3 is 24.2 Å². The SMILES string of the molecule is COc1ccc2c(c1OCc1ccccc1)C[C@@H](C(=O)O)N(C(=O)[C@@H](Oc1cccs1)c1ccccc1)C2. The van der Waals surface area contributed by atoms with Gasteiger partial charge in [0.15, 0.2) is 16.6 Å². The highest BCUT2D eigenvalue weighted by Gasteiger charge is 2.40. The van der Waals surface area contributed by atoms with Crippen LogP contribution in [0.2, 0.25) is 0 Å². The van der Waals surface area contributed by atoms with Gasteiger partial charge in [-0.25, -0.2) is 4.79 Å². The molecule has 4 aromatic rings. The van der Waals surface area contributed by atoms with Crippen LogP contribution in [-0.4, -0.2) is 35.0 Å². The number of rotatable bonds is 9. The first-order valence-electron chi connectivity index (χ1n) is 12.2. The maximum Gasteiger partial charge on any atom is 0.326 e. The minimum Gasteiger partial charge on any atom is -0.493 e. The molecule has 2 heterocycles. The second-order valence-electron chi connectivity index (χ2n) is 8.87. The fourth-order valence-electron chi connectivity index (χ4n) is 4.60. The number of carbonyl (C=O) groups is 2. The minimum absolute atomic E-state index is 0.0816. The van der Waals surface area contributed by atoms with E-state index < -0.39 is 24.0 Å². The quantitative estimate of drug-likeness (QED) is 0.309. The van der Waals surface area contributed by atoms with Gasteiger partial charge in [-0.1, -0.05) is 66.7 Å². The van der Waals surface area contributed by atoms with Gasteiger partial charge in [-0.05, 0) is 34.7 Å². The number of amides is 1. The number of fused-ring (bicyclic) bond motifs is 1. The zero-order valence-corrected chi connectivity index (χ0v) is 21.6. The Hall–Kier alpha value is -4.30. The van der Waals surface area contributed by atoms with Gasteiger partial charge in [0.25, 0.3) is 5.91 Å². The number of carboxylic acids is 1. The van der Waals surface area contributed by atoms with E-state index in [0.717, 1.165) is 16.7 Å². The molecule has 1 amide bonds. The Morgan fingerprint density at radius 3 is 2.39 bits per heavy atom. The molecule has 7 nitrogen and oxygen atoms in total. The van der Waals surface area contributed by atoms with Gasteiger partial charge in [0, 0.05) is 24.1 Å². The van der Waals surface area contributed by atoms with Crippen LogP contribution in [0.3, 0.4) is 0 Å². The van der Waals surface area contributed by atoms with E-state index in [9.17, 15) is 14.7 Å². The first-order chi connectivity index (χ1) is 18.5. The van der Waals surface area contributed by atoms with Crippen molar-refractivity contribution in [2.75, 3.05) is 7.11 Å². The van der Waals surface area contributed by atoms with E-state index in [4.69, 9.17) is 14.2 Å². The highest BCUT2D eigenvalue weighted by atomic mass is 32.1. The minimum atomic E-state index is -1.10. The van der Waals surface area contributed by atoms with Crippen molar-refractivity contribution in [2.24, 2.45) is 0 Å². The maximum atomic E-state index is 14.0. The highest BCUT2D eigenvalue weighted by molar-refractivity contribution is 7.11. The van der Waals surface area contributed by atoms with Crippen molar-refractivity contribution in [1.29, 1.82) is 0 Å². The van der Waals surface area contributed by atoms with Crippen LogP contribution in [0.5, 0.6) is 16.6 Å². The van der Waals surface area contributed by atoms with Crippen LogP contribution in [0.15, 0.2) is 90.3 Å². The molecule has 0 unspecified atom stereocenters. The first kappa shape index (κ1) is 25.4. The predicted octanol–water partition coefficient (Wildman–Crippen LogP) is 5.49. The van der Waals surface area contributed by atoms with Crippen LogP contribution in [0.25, 0.3) is 0 Å². The Balaban J connectivity index is 1.48. The third-order valence-corrected chi connectivity index (χ3v) is 7.26. The molecule has 5 rings (SSSR count). The third kappa shape index (κ3) is 5.35. The summed E-state index contributed by atoms with van der Waals surface area (Å²) in [5.74, 6) is -0.484. The maximum absolute atomic E-state index is 14.0. The third-order valence-electron chi connectivity index (χ3n) is 6.51. The summed E-state index contributed by atoms with van der Waals surface area (Å²) in [6.45, 7) is 0.409. The number of ether oxygens (including phenoxy) is 3. The van der Waals surface area contributed by atoms with E-state index >= 15 is 0 Å². The Kier molecular flexibility index (Phi) is 7.60. The van der Waals surface area contributed by atoms with Crippen molar-refractivity contribution in [3.8, 4) is 16.6 Å². The molecule has 0 aliphatic carbocycles. The molecule has 8 heteroatoms. The summed E-state index contributed by atoms with van der Waals surface area (Å²) < 4.78 is 17.8. The molecule has 38 heavy (non-hydrogen) atoms. The molecule has 194 valence electrons. The topological polar surface area (TPSA) is 85.3 Å². The summed E-state index contributed by atoms with van der Waals surface area (Å²) in [6, 6.07) is 25.0. The molecule has 0 spiro atoms. The molecule has 0 radical (unpaired) electrons. The molecule has 1 aliphatic rings.